The van der Waals surface area contributed by atoms with Crippen LogP contribution in [-0.4, -0.2) is 16.9 Å². The number of nitrogens with one attached hydrogen (secondary N) is 1. The Morgan fingerprint density at radius 1 is 0.967 bits per heavy atom. The molecule has 1 aromatic heterocycles. The summed E-state index contributed by atoms with van der Waals surface area (Å²) in [6.45, 7) is 0. The Balaban J connectivity index is 0.00000256. The molecule has 3 aromatic carbocycles. The molecular weight excluding hydrogens is 411 g/mol. The number of carboxylic acid groups (broad SMARTS) is 1. The molecule has 0 radical (unpaired) electrons. The van der Waals surface area contributed by atoms with Crippen molar-refractivity contribution >= 4 is 39.9 Å². The van der Waals surface area contributed by atoms with Gasteiger partial charge in [0.05, 0.1) is 11.7 Å². The van der Waals surface area contributed by atoms with Gasteiger partial charge in [0, 0.05) is 33.9 Å². The first-order valence-corrected chi connectivity index (χ1v) is 9.16. The first-order valence-electron chi connectivity index (χ1n) is 8.78. The molecule has 4 rings (SSSR count). The number of aromatic carboxylic acids is 1. The van der Waals surface area contributed by atoms with Crippen LogP contribution in [0.3, 0.4) is 0 Å². The first kappa shape index (κ1) is 22.0. The monoisotopic (exact) mass is 424 g/mol. The summed E-state index contributed by atoms with van der Waals surface area (Å²) >= 11 is 5.84. The third-order valence-corrected chi connectivity index (χ3v) is 4.80. The summed E-state index contributed by atoms with van der Waals surface area (Å²) in [4.78, 5) is 28.2. The van der Waals surface area contributed by atoms with Crippen molar-refractivity contribution in [1.82, 2.24) is 4.98 Å². The second kappa shape index (κ2) is 9.41. The zero-order valence-corrected chi connectivity index (χ0v) is 18.8. The Labute approximate surface area is 200 Å². The summed E-state index contributed by atoms with van der Waals surface area (Å²) in [5.41, 5.74) is 2.18. The van der Waals surface area contributed by atoms with E-state index in [1.54, 1.807) is 30.6 Å². The number of halogens is 1. The zero-order valence-electron chi connectivity index (χ0n) is 16.1. The van der Waals surface area contributed by atoms with Crippen LogP contribution in [0.4, 0.5) is 5.69 Å². The van der Waals surface area contributed by atoms with Crippen molar-refractivity contribution in [2.24, 2.45) is 0 Å². The maximum atomic E-state index is 12.8. The van der Waals surface area contributed by atoms with Gasteiger partial charge in [0.25, 0.3) is 5.91 Å². The number of hydrogen-bond donors (Lipinski definition) is 1. The van der Waals surface area contributed by atoms with E-state index >= 15 is 0 Å². The van der Waals surface area contributed by atoms with Crippen LogP contribution in [0.15, 0.2) is 79.1 Å². The molecule has 30 heavy (non-hydrogen) atoms. The molecule has 7 heteroatoms. The van der Waals surface area contributed by atoms with Gasteiger partial charge >= 0.3 is 29.6 Å². The van der Waals surface area contributed by atoms with Gasteiger partial charge in [-0.3, -0.25) is 9.78 Å². The van der Waals surface area contributed by atoms with Gasteiger partial charge in [0.2, 0.25) is 0 Å². The number of rotatable bonds is 4. The van der Waals surface area contributed by atoms with Crippen LogP contribution in [0.25, 0.3) is 21.9 Å². The minimum absolute atomic E-state index is 0. The van der Waals surface area contributed by atoms with Crippen molar-refractivity contribution in [2.45, 2.75) is 0 Å². The number of hydrogen-bond acceptors (Lipinski definition) is 4. The molecule has 1 heterocycles. The molecule has 1 N–H and O–H groups in total. The number of pyridine rings is 1. The van der Waals surface area contributed by atoms with Crippen molar-refractivity contribution in [3.8, 4) is 11.1 Å². The number of anilines is 1. The topological polar surface area (TPSA) is 82.1 Å². The third kappa shape index (κ3) is 4.55. The summed E-state index contributed by atoms with van der Waals surface area (Å²) in [5.74, 6) is -1.85. The maximum Gasteiger partial charge on any atom is 1.00 e. The predicted molar refractivity (Wildman–Crippen MR) is 111 cm³/mol. The molecule has 0 aliphatic carbocycles. The van der Waals surface area contributed by atoms with Crippen molar-refractivity contribution in [2.75, 3.05) is 5.32 Å². The molecule has 0 saturated carbocycles. The van der Waals surface area contributed by atoms with Crippen LogP contribution in [0.5, 0.6) is 0 Å². The smallest absolute Gasteiger partial charge is 0.545 e. The number of aromatic nitrogens is 1. The van der Waals surface area contributed by atoms with Gasteiger partial charge in [0.15, 0.2) is 0 Å². The summed E-state index contributed by atoms with van der Waals surface area (Å²) in [7, 11) is 0. The van der Waals surface area contributed by atoms with E-state index in [0.29, 0.717) is 5.56 Å². The molecule has 0 unspecified atom stereocenters. The Kier molecular flexibility index (Phi) is 6.90. The second-order valence-electron chi connectivity index (χ2n) is 6.41. The molecule has 0 spiro atoms. The van der Waals surface area contributed by atoms with Crippen LogP contribution < -0.4 is 40.0 Å². The van der Waals surface area contributed by atoms with Gasteiger partial charge in [-0.25, -0.2) is 0 Å². The van der Waals surface area contributed by atoms with E-state index in [2.05, 4.69) is 10.3 Å². The molecule has 0 atom stereocenters. The number of fused-ring (bicyclic) bond motifs is 1. The number of carbonyl (C=O) groups excluding carboxylic acids is 2. The standard InChI is InChI=1S/C23H15ClN2O3.Na/c24-17-7-8-21(20(12-17)23(28)29)26-22(27)15-4-1-3-14(11-15)18-6-2-5-16-13-25-10-9-19(16)18;/h1-13H,(H,26,27)(H,28,29);/q;+1/p-1. The van der Waals surface area contributed by atoms with E-state index in [1.807, 2.05) is 30.3 Å². The van der Waals surface area contributed by atoms with Crippen LogP contribution in [-0.2, 0) is 0 Å². The SMILES string of the molecule is O=C(Nc1ccc(Cl)cc1C(=O)[O-])c1cccc(-c2cccc3cnccc23)c1.[Na+]. The van der Waals surface area contributed by atoms with E-state index in [0.717, 1.165) is 21.9 Å². The summed E-state index contributed by atoms with van der Waals surface area (Å²) in [6.07, 6.45) is 3.52. The maximum absolute atomic E-state index is 12.8. The minimum atomic E-state index is -1.42. The fraction of sp³-hybridized carbons (Fsp3) is 0. The van der Waals surface area contributed by atoms with Crippen molar-refractivity contribution in [3.63, 3.8) is 0 Å². The Morgan fingerprint density at radius 2 is 1.77 bits per heavy atom. The van der Waals surface area contributed by atoms with E-state index in [1.165, 1.54) is 18.2 Å². The first-order chi connectivity index (χ1) is 14.0. The van der Waals surface area contributed by atoms with E-state index < -0.39 is 11.9 Å². The van der Waals surface area contributed by atoms with Gasteiger partial charge < -0.3 is 15.2 Å². The minimum Gasteiger partial charge on any atom is -0.545 e. The van der Waals surface area contributed by atoms with Crippen LogP contribution in [0.2, 0.25) is 5.02 Å². The Hall–Kier alpha value is -2.70. The predicted octanol–water partition coefficient (Wildman–Crippen LogP) is 1.17. The van der Waals surface area contributed by atoms with Crippen LogP contribution in [0.1, 0.15) is 20.7 Å². The molecule has 0 aliphatic rings. The van der Waals surface area contributed by atoms with Crippen LogP contribution in [0, 0.1) is 0 Å². The quantitative estimate of drug-likeness (QED) is 0.499. The number of amides is 1. The molecule has 142 valence electrons. The van der Waals surface area contributed by atoms with E-state index in [9.17, 15) is 14.7 Å². The third-order valence-electron chi connectivity index (χ3n) is 4.57. The fourth-order valence-corrected chi connectivity index (χ4v) is 3.36. The molecule has 0 bridgehead atoms. The molecule has 0 fully saturated rings. The summed E-state index contributed by atoms with van der Waals surface area (Å²) in [5, 5.41) is 16.2. The van der Waals surface area contributed by atoms with Crippen LogP contribution >= 0.6 is 11.6 Å². The molecule has 5 nitrogen and oxygen atoms in total. The average molecular weight is 425 g/mol. The Morgan fingerprint density at radius 3 is 2.57 bits per heavy atom. The van der Waals surface area contributed by atoms with Gasteiger partial charge in [-0.15, -0.1) is 0 Å². The molecule has 0 saturated heterocycles. The fourth-order valence-electron chi connectivity index (χ4n) is 3.19. The summed E-state index contributed by atoms with van der Waals surface area (Å²) < 4.78 is 0. The normalized spacial score (nSPS) is 10.3. The van der Waals surface area contributed by atoms with E-state index in [-0.39, 0.29) is 45.8 Å². The number of carboxylic acids is 1. The van der Waals surface area contributed by atoms with Crippen molar-refractivity contribution in [3.05, 3.63) is 95.3 Å². The summed E-state index contributed by atoms with van der Waals surface area (Å²) in [6, 6.07) is 19.1. The molecular formula is C23H14ClN2NaO3. The van der Waals surface area contributed by atoms with Gasteiger partial charge in [-0.2, -0.15) is 0 Å². The van der Waals surface area contributed by atoms with E-state index in [4.69, 9.17) is 11.6 Å². The van der Waals surface area contributed by atoms with Gasteiger partial charge in [-0.05, 0) is 52.9 Å². The number of nitrogens with zero attached hydrogens (tertiary/aromatic N) is 1. The number of carbonyl (C=O) groups is 2. The molecule has 0 aliphatic heterocycles. The van der Waals surface area contributed by atoms with Crippen molar-refractivity contribution < 1.29 is 44.3 Å². The molecule has 4 aromatic rings. The average Bonchev–Trinajstić information content (AvgIpc) is 2.74. The number of benzene rings is 3. The van der Waals surface area contributed by atoms with Gasteiger partial charge in [-0.1, -0.05) is 41.9 Å². The van der Waals surface area contributed by atoms with Crippen molar-refractivity contribution in [1.29, 1.82) is 0 Å². The largest absolute Gasteiger partial charge is 1.00 e. The molecule has 1 amide bonds. The zero-order chi connectivity index (χ0) is 20.4. The Bertz CT molecular complexity index is 1250. The van der Waals surface area contributed by atoms with Gasteiger partial charge in [0.1, 0.15) is 0 Å². The second-order valence-corrected chi connectivity index (χ2v) is 6.85.